The summed E-state index contributed by atoms with van der Waals surface area (Å²) in [4.78, 5) is 23.3. The van der Waals surface area contributed by atoms with E-state index in [2.05, 4.69) is 4.74 Å². The lowest BCUT2D eigenvalue weighted by Crippen LogP contribution is -2.16. The van der Waals surface area contributed by atoms with E-state index < -0.39 is 11.8 Å². The first-order valence-corrected chi connectivity index (χ1v) is 6.08. The van der Waals surface area contributed by atoms with Crippen LogP contribution in [-0.4, -0.2) is 18.9 Å². The van der Waals surface area contributed by atoms with Crippen molar-refractivity contribution in [3.05, 3.63) is 59.7 Å². The van der Waals surface area contributed by atoms with E-state index in [-0.39, 0.29) is 5.56 Å². The van der Waals surface area contributed by atoms with Crippen LogP contribution < -0.4 is 4.74 Å². The number of ether oxygens (including phenoxy) is 2. The van der Waals surface area contributed by atoms with Crippen molar-refractivity contribution in [2.24, 2.45) is 0 Å². The second kappa shape index (κ2) is 6.02. The van der Waals surface area contributed by atoms with Crippen LogP contribution in [0, 0.1) is 6.92 Å². The number of rotatable bonds is 4. The van der Waals surface area contributed by atoms with Gasteiger partial charge in [-0.2, -0.15) is 0 Å². The van der Waals surface area contributed by atoms with Gasteiger partial charge in [0.25, 0.3) is 5.78 Å². The number of esters is 1. The second-order valence-corrected chi connectivity index (χ2v) is 4.24. The summed E-state index contributed by atoms with van der Waals surface area (Å²) in [7, 11) is 1.17. The van der Waals surface area contributed by atoms with E-state index in [9.17, 15) is 9.59 Å². The lowest BCUT2D eigenvalue weighted by Gasteiger charge is -2.10. The molecule has 2 aromatic carbocycles. The molecule has 0 fully saturated rings. The maximum atomic E-state index is 11.9. The lowest BCUT2D eigenvalue weighted by molar-refractivity contribution is -0.135. The molecule has 0 amide bonds. The summed E-state index contributed by atoms with van der Waals surface area (Å²) in [5.41, 5.74) is 1.11. The number of ketones is 1. The van der Waals surface area contributed by atoms with Gasteiger partial charge >= 0.3 is 5.97 Å². The third-order valence-electron chi connectivity index (χ3n) is 2.72. The first-order valence-electron chi connectivity index (χ1n) is 6.08. The van der Waals surface area contributed by atoms with Crippen LogP contribution in [0.3, 0.4) is 0 Å². The Labute approximate surface area is 116 Å². The molecule has 0 radical (unpaired) electrons. The van der Waals surface area contributed by atoms with Crippen LogP contribution in [0.5, 0.6) is 11.5 Å². The van der Waals surface area contributed by atoms with Crippen molar-refractivity contribution in [1.82, 2.24) is 0 Å². The maximum absolute atomic E-state index is 11.9. The number of aryl methyl sites for hydroxylation is 1. The first-order chi connectivity index (χ1) is 9.61. The Morgan fingerprint density at radius 3 is 2.35 bits per heavy atom. The smallest absolute Gasteiger partial charge is 0.379 e. The summed E-state index contributed by atoms with van der Waals surface area (Å²) in [5.74, 6) is -0.700. The molecule has 0 aromatic heterocycles. The minimum absolute atomic E-state index is 0.186. The average molecular weight is 270 g/mol. The predicted octanol–water partition coefficient (Wildman–Crippen LogP) is 3.14. The molecule has 2 rings (SSSR count). The first kappa shape index (κ1) is 13.8. The van der Waals surface area contributed by atoms with Gasteiger partial charge in [0, 0.05) is 0 Å². The van der Waals surface area contributed by atoms with E-state index in [4.69, 9.17) is 4.74 Å². The highest BCUT2D eigenvalue weighted by molar-refractivity contribution is 6.41. The van der Waals surface area contributed by atoms with Gasteiger partial charge in [0.1, 0.15) is 11.5 Å². The van der Waals surface area contributed by atoms with Crippen molar-refractivity contribution in [3.8, 4) is 11.5 Å². The van der Waals surface area contributed by atoms with E-state index in [1.807, 2.05) is 25.1 Å². The van der Waals surface area contributed by atoms with E-state index in [0.29, 0.717) is 11.5 Å². The minimum Gasteiger partial charge on any atom is -0.463 e. The molecule has 0 aliphatic heterocycles. The second-order valence-electron chi connectivity index (χ2n) is 4.24. The molecule has 0 atom stereocenters. The Morgan fingerprint density at radius 1 is 1.00 bits per heavy atom. The predicted molar refractivity (Wildman–Crippen MR) is 74.0 cm³/mol. The summed E-state index contributed by atoms with van der Waals surface area (Å²) >= 11 is 0. The molecule has 0 unspecified atom stereocenters. The van der Waals surface area contributed by atoms with Gasteiger partial charge in [0.15, 0.2) is 0 Å². The Hall–Kier alpha value is -2.62. The van der Waals surface area contributed by atoms with Crippen LogP contribution in [0.4, 0.5) is 0 Å². The van der Waals surface area contributed by atoms with E-state index in [0.717, 1.165) is 5.56 Å². The summed E-state index contributed by atoms with van der Waals surface area (Å²) in [6.45, 7) is 1.88. The van der Waals surface area contributed by atoms with Gasteiger partial charge in [-0.25, -0.2) is 4.79 Å². The fraction of sp³-hybridized carbons (Fsp3) is 0.125. The molecule has 0 bridgehead atoms. The van der Waals surface area contributed by atoms with Crippen LogP contribution >= 0.6 is 0 Å². The number of carbonyl (C=O) groups is 2. The topological polar surface area (TPSA) is 52.6 Å². The zero-order valence-electron chi connectivity index (χ0n) is 11.3. The SMILES string of the molecule is COC(=O)C(=O)c1ccc(C)cc1Oc1ccccc1. The molecule has 0 saturated carbocycles. The summed E-state index contributed by atoms with van der Waals surface area (Å²) < 4.78 is 10.1. The fourth-order valence-corrected chi connectivity index (χ4v) is 1.72. The van der Waals surface area contributed by atoms with Crippen molar-refractivity contribution in [1.29, 1.82) is 0 Å². The molecule has 4 heteroatoms. The quantitative estimate of drug-likeness (QED) is 0.486. The third-order valence-corrected chi connectivity index (χ3v) is 2.72. The Bertz CT molecular complexity index is 632. The lowest BCUT2D eigenvalue weighted by atomic mass is 10.1. The van der Waals surface area contributed by atoms with Crippen molar-refractivity contribution in [2.45, 2.75) is 6.92 Å². The molecule has 0 N–H and O–H groups in total. The Kier molecular flexibility index (Phi) is 4.15. The molecule has 0 aliphatic rings. The standard InChI is InChI=1S/C16H14O4/c1-11-8-9-13(15(17)16(18)19-2)14(10-11)20-12-6-4-3-5-7-12/h3-10H,1-2H3. The largest absolute Gasteiger partial charge is 0.463 e. The molecule has 0 spiro atoms. The summed E-state index contributed by atoms with van der Waals surface area (Å²) in [6, 6.07) is 14.1. The van der Waals surface area contributed by atoms with Crippen LogP contribution in [-0.2, 0) is 9.53 Å². The molecule has 0 heterocycles. The molecule has 0 aliphatic carbocycles. The molecule has 4 nitrogen and oxygen atoms in total. The van der Waals surface area contributed by atoms with Crippen molar-refractivity contribution < 1.29 is 19.1 Å². The van der Waals surface area contributed by atoms with E-state index in [1.54, 1.807) is 30.3 Å². The fourth-order valence-electron chi connectivity index (χ4n) is 1.72. The van der Waals surface area contributed by atoms with Crippen LogP contribution in [0.1, 0.15) is 15.9 Å². The molecular weight excluding hydrogens is 256 g/mol. The molecule has 20 heavy (non-hydrogen) atoms. The summed E-state index contributed by atoms with van der Waals surface area (Å²) in [6.07, 6.45) is 0. The van der Waals surface area contributed by atoms with Crippen molar-refractivity contribution in [2.75, 3.05) is 7.11 Å². The van der Waals surface area contributed by atoms with E-state index >= 15 is 0 Å². The third kappa shape index (κ3) is 3.03. The Morgan fingerprint density at radius 2 is 1.70 bits per heavy atom. The zero-order valence-corrected chi connectivity index (χ0v) is 11.3. The maximum Gasteiger partial charge on any atom is 0.379 e. The number of hydrogen-bond acceptors (Lipinski definition) is 4. The van der Waals surface area contributed by atoms with Crippen molar-refractivity contribution in [3.63, 3.8) is 0 Å². The molecule has 0 saturated heterocycles. The zero-order chi connectivity index (χ0) is 14.5. The normalized spacial score (nSPS) is 9.90. The van der Waals surface area contributed by atoms with E-state index in [1.165, 1.54) is 7.11 Å². The number of para-hydroxylation sites is 1. The Balaban J connectivity index is 2.38. The highest BCUT2D eigenvalue weighted by Gasteiger charge is 2.21. The molecular formula is C16H14O4. The van der Waals surface area contributed by atoms with Crippen molar-refractivity contribution >= 4 is 11.8 Å². The van der Waals surface area contributed by atoms with Gasteiger partial charge in [-0.3, -0.25) is 4.79 Å². The van der Waals surface area contributed by atoms with Gasteiger partial charge in [-0.15, -0.1) is 0 Å². The van der Waals surface area contributed by atoms with Gasteiger partial charge in [-0.1, -0.05) is 24.3 Å². The molecule has 102 valence electrons. The monoisotopic (exact) mass is 270 g/mol. The highest BCUT2D eigenvalue weighted by atomic mass is 16.5. The van der Waals surface area contributed by atoms with Gasteiger partial charge < -0.3 is 9.47 Å². The number of benzene rings is 2. The average Bonchev–Trinajstić information content (AvgIpc) is 2.47. The number of carbonyl (C=O) groups excluding carboxylic acids is 2. The van der Waals surface area contributed by atoms with Gasteiger partial charge in [0.05, 0.1) is 12.7 Å². The number of hydrogen-bond donors (Lipinski definition) is 0. The van der Waals surface area contributed by atoms with Crippen LogP contribution in [0.2, 0.25) is 0 Å². The number of methoxy groups -OCH3 is 1. The van der Waals surface area contributed by atoms with Crippen LogP contribution in [0.25, 0.3) is 0 Å². The van der Waals surface area contributed by atoms with Gasteiger partial charge in [-0.05, 0) is 36.8 Å². The summed E-state index contributed by atoms with van der Waals surface area (Å²) in [5, 5.41) is 0. The highest BCUT2D eigenvalue weighted by Crippen LogP contribution is 2.27. The minimum atomic E-state index is -0.910. The number of Topliss-reactive ketones (excluding diaryl/α,β-unsaturated/α-hetero) is 1. The van der Waals surface area contributed by atoms with Gasteiger partial charge in [0.2, 0.25) is 0 Å². The van der Waals surface area contributed by atoms with Crippen LogP contribution in [0.15, 0.2) is 48.5 Å². The molecule has 2 aromatic rings.